The number of carbonyl (C=O) groups excluding carboxylic acids is 1. The molecule has 0 aromatic heterocycles. The van der Waals surface area contributed by atoms with Crippen LogP contribution in [0.3, 0.4) is 0 Å². The average molecular weight is 254 g/mol. The number of aryl methyl sites for hydroxylation is 1. The van der Waals surface area contributed by atoms with Crippen molar-refractivity contribution in [2.45, 2.75) is 12.8 Å². The van der Waals surface area contributed by atoms with Crippen LogP contribution in [0.1, 0.15) is 22.3 Å². The van der Waals surface area contributed by atoms with Crippen LogP contribution in [0.2, 0.25) is 0 Å². The number of hydrogen-bond donors (Lipinski definition) is 1. The van der Waals surface area contributed by atoms with Gasteiger partial charge in [0, 0.05) is 12.0 Å². The molecule has 96 valence electrons. The molecule has 19 heavy (non-hydrogen) atoms. The second-order valence-electron chi connectivity index (χ2n) is 4.33. The molecule has 0 radical (unpaired) electrons. The third-order valence-corrected chi connectivity index (χ3v) is 2.96. The zero-order chi connectivity index (χ0) is 13.7. The SMILES string of the molecule is O=Cc1ccc(-c2ccc(CCC(=O)O)cc2)cc1. The van der Waals surface area contributed by atoms with Crippen LogP contribution in [0.25, 0.3) is 11.1 Å². The molecule has 0 amide bonds. The van der Waals surface area contributed by atoms with E-state index in [2.05, 4.69) is 0 Å². The monoisotopic (exact) mass is 254 g/mol. The van der Waals surface area contributed by atoms with Gasteiger partial charge in [-0.05, 0) is 23.1 Å². The number of aldehydes is 1. The molecule has 0 saturated carbocycles. The Labute approximate surface area is 111 Å². The summed E-state index contributed by atoms with van der Waals surface area (Å²) in [6.07, 6.45) is 1.51. The van der Waals surface area contributed by atoms with Gasteiger partial charge in [-0.1, -0.05) is 48.5 Å². The summed E-state index contributed by atoms with van der Waals surface area (Å²) >= 11 is 0. The lowest BCUT2D eigenvalue weighted by Crippen LogP contribution is -1.97. The minimum absolute atomic E-state index is 0.146. The summed E-state index contributed by atoms with van der Waals surface area (Å²) in [6, 6.07) is 15.2. The number of hydrogen-bond acceptors (Lipinski definition) is 2. The highest BCUT2D eigenvalue weighted by Crippen LogP contribution is 2.20. The van der Waals surface area contributed by atoms with E-state index >= 15 is 0 Å². The number of carboxylic acid groups (broad SMARTS) is 1. The largest absolute Gasteiger partial charge is 0.481 e. The van der Waals surface area contributed by atoms with Crippen LogP contribution in [0.4, 0.5) is 0 Å². The first-order valence-corrected chi connectivity index (χ1v) is 6.05. The van der Waals surface area contributed by atoms with Gasteiger partial charge in [0.05, 0.1) is 0 Å². The fraction of sp³-hybridized carbons (Fsp3) is 0.125. The Balaban J connectivity index is 2.12. The van der Waals surface area contributed by atoms with Crippen molar-refractivity contribution in [1.29, 1.82) is 0 Å². The summed E-state index contributed by atoms with van der Waals surface area (Å²) in [4.78, 5) is 21.1. The van der Waals surface area contributed by atoms with E-state index in [1.165, 1.54) is 0 Å². The number of rotatable bonds is 5. The van der Waals surface area contributed by atoms with Gasteiger partial charge in [0.1, 0.15) is 6.29 Å². The van der Waals surface area contributed by atoms with Crippen molar-refractivity contribution in [3.63, 3.8) is 0 Å². The van der Waals surface area contributed by atoms with Gasteiger partial charge in [0.2, 0.25) is 0 Å². The normalized spacial score (nSPS) is 10.1. The van der Waals surface area contributed by atoms with Gasteiger partial charge >= 0.3 is 5.97 Å². The van der Waals surface area contributed by atoms with E-state index in [1.54, 1.807) is 12.1 Å². The first-order chi connectivity index (χ1) is 9.19. The molecule has 0 atom stereocenters. The van der Waals surface area contributed by atoms with Gasteiger partial charge < -0.3 is 5.11 Å². The van der Waals surface area contributed by atoms with Gasteiger partial charge in [-0.2, -0.15) is 0 Å². The zero-order valence-corrected chi connectivity index (χ0v) is 10.4. The highest BCUT2D eigenvalue weighted by Gasteiger charge is 2.01. The second kappa shape index (κ2) is 5.96. The maximum Gasteiger partial charge on any atom is 0.303 e. The molecule has 3 nitrogen and oxygen atoms in total. The first-order valence-electron chi connectivity index (χ1n) is 6.05. The summed E-state index contributed by atoms with van der Waals surface area (Å²) in [5.74, 6) is -0.784. The molecule has 2 aromatic carbocycles. The maximum atomic E-state index is 10.6. The van der Waals surface area contributed by atoms with Crippen molar-refractivity contribution in [1.82, 2.24) is 0 Å². The van der Waals surface area contributed by atoms with Gasteiger partial charge in [0.25, 0.3) is 0 Å². The van der Waals surface area contributed by atoms with Crippen molar-refractivity contribution in [3.8, 4) is 11.1 Å². The molecule has 2 aromatic rings. The minimum Gasteiger partial charge on any atom is -0.481 e. The summed E-state index contributed by atoms with van der Waals surface area (Å²) in [7, 11) is 0. The van der Waals surface area contributed by atoms with E-state index in [9.17, 15) is 9.59 Å². The molecule has 0 heterocycles. The van der Waals surface area contributed by atoms with Gasteiger partial charge in [-0.25, -0.2) is 0 Å². The van der Waals surface area contributed by atoms with Crippen molar-refractivity contribution in [2.24, 2.45) is 0 Å². The van der Waals surface area contributed by atoms with Crippen LogP contribution in [-0.4, -0.2) is 17.4 Å². The molecule has 0 spiro atoms. The Morgan fingerprint density at radius 3 is 1.95 bits per heavy atom. The second-order valence-corrected chi connectivity index (χ2v) is 4.33. The Kier molecular flexibility index (Phi) is 4.08. The molecule has 0 aliphatic rings. The summed E-state index contributed by atoms with van der Waals surface area (Å²) < 4.78 is 0. The van der Waals surface area contributed by atoms with Crippen LogP contribution >= 0.6 is 0 Å². The van der Waals surface area contributed by atoms with E-state index < -0.39 is 5.97 Å². The van der Waals surface area contributed by atoms with Gasteiger partial charge in [-0.3, -0.25) is 9.59 Å². The third-order valence-electron chi connectivity index (χ3n) is 2.96. The van der Waals surface area contributed by atoms with Crippen LogP contribution in [0, 0.1) is 0 Å². The van der Waals surface area contributed by atoms with E-state index in [-0.39, 0.29) is 6.42 Å². The molecule has 0 saturated heterocycles. The van der Waals surface area contributed by atoms with Gasteiger partial charge in [-0.15, -0.1) is 0 Å². The fourth-order valence-electron chi connectivity index (χ4n) is 1.87. The molecule has 3 heteroatoms. The molecule has 0 aliphatic carbocycles. The lowest BCUT2D eigenvalue weighted by molar-refractivity contribution is -0.136. The Hall–Kier alpha value is -2.42. The van der Waals surface area contributed by atoms with Crippen LogP contribution in [0.15, 0.2) is 48.5 Å². The summed E-state index contributed by atoms with van der Waals surface area (Å²) in [5.41, 5.74) is 3.75. The highest BCUT2D eigenvalue weighted by atomic mass is 16.4. The topological polar surface area (TPSA) is 54.4 Å². The fourth-order valence-corrected chi connectivity index (χ4v) is 1.87. The van der Waals surface area contributed by atoms with E-state index in [0.717, 1.165) is 23.0 Å². The lowest BCUT2D eigenvalue weighted by Gasteiger charge is -2.04. The Morgan fingerprint density at radius 1 is 0.947 bits per heavy atom. The standard InChI is InChI=1S/C16H14O3/c17-11-13-3-8-15(9-4-13)14-6-1-12(2-7-14)5-10-16(18)19/h1-4,6-9,11H,5,10H2,(H,18,19). The van der Waals surface area contributed by atoms with E-state index in [0.29, 0.717) is 12.0 Å². The summed E-state index contributed by atoms with van der Waals surface area (Å²) in [5, 5.41) is 8.63. The van der Waals surface area contributed by atoms with Crippen molar-refractivity contribution < 1.29 is 14.7 Å². The average Bonchev–Trinajstić information content (AvgIpc) is 2.46. The van der Waals surface area contributed by atoms with Crippen LogP contribution in [0.5, 0.6) is 0 Å². The van der Waals surface area contributed by atoms with Crippen LogP contribution < -0.4 is 0 Å². The number of carbonyl (C=O) groups is 2. The maximum absolute atomic E-state index is 10.6. The lowest BCUT2D eigenvalue weighted by atomic mass is 10.0. The molecule has 1 N–H and O–H groups in total. The molecule has 0 aliphatic heterocycles. The highest BCUT2D eigenvalue weighted by molar-refractivity contribution is 5.77. The first kappa shape index (κ1) is 13.0. The predicted molar refractivity (Wildman–Crippen MR) is 73.2 cm³/mol. The molecule has 2 rings (SSSR count). The van der Waals surface area contributed by atoms with E-state index in [1.807, 2.05) is 36.4 Å². The van der Waals surface area contributed by atoms with Crippen LogP contribution in [-0.2, 0) is 11.2 Å². The Bertz CT molecular complexity index is 568. The third kappa shape index (κ3) is 3.52. The zero-order valence-electron chi connectivity index (χ0n) is 10.4. The molecule has 0 unspecified atom stereocenters. The molecular formula is C16H14O3. The summed E-state index contributed by atoms with van der Waals surface area (Å²) in [6.45, 7) is 0. The predicted octanol–water partition coefficient (Wildman–Crippen LogP) is 3.18. The van der Waals surface area contributed by atoms with E-state index in [4.69, 9.17) is 5.11 Å². The number of aliphatic carboxylic acids is 1. The van der Waals surface area contributed by atoms with Crippen molar-refractivity contribution in [2.75, 3.05) is 0 Å². The number of benzene rings is 2. The quantitative estimate of drug-likeness (QED) is 0.834. The molecular weight excluding hydrogens is 240 g/mol. The Morgan fingerprint density at radius 2 is 1.47 bits per heavy atom. The number of carboxylic acids is 1. The molecule has 0 bridgehead atoms. The van der Waals surface area contributed by atoms with Crippen molar-refractivity contribution in [3.05, 3.63) is 59.7 Å². The smallest absolute Gasteiger partial charge is 0.303 e. The minimum atomic E-state index is -0.784. The van der Waals surface area contributed by atoms with Gasteiger partial charge in [0.15, 0.2) is 0 Å². The van der Waals surface area contributed by atoms with Crippen molar-refractivity contribution >= 4 is 12.3 Å². The molecule has 0 fully saturated rings.